The molecule has 2 aliphatic rings. The molecule has 0 aromatic carbocycles. The molecule has 0 saturated carbocycles. The Labute approximate surface area is 298 Å². The summed E-state index contributed by atoms with van der Waals surface area (Å²) >= 11 is 3.52. The van der Waals surface area contributed by atoms with Crippen LogP contribution < -0.4 is 18.9 Å². The maximum absolute atomic E-state index is 6.15. The first-order chi connectivity index (χ1) is 23.8. The molecule has 0 amide bonds. The molecule has 0 radical (unpaired) electrons. The Hall–Kier alpha value is -2.32. The zero-order chi connectivity index (χ0) is 33.2. The minimum absolute atomic E-state index is 0.570. The van der Waals surface area contributed by atoms with E-state index in [1.807, 2.05) is 0 Å². The fourth-order valence-electron chi connectivity index (χ4n) is 6.81. The Morgan fingerprint density at radius 3 is 1.08 bits per heavy atom. The number of fused-ring (bicyclic) bond motifs is 2. The zero-order valence-electron chi connectivity index (χ0n) is 29.9. The van der Waals surface area contributed by atoms with Gasteiger partial charge in [0.1, 0.15) is 47.6 Å². The van der Waals surface area contributed by atoms with Crippen molar-refractivity contribution in [1.29, 1.82) is 0 Å². The summed E-state index contributed by atoms with van der Waals surface area (Å²) in [6.07, 6.45) is 28.9. The van der Waals surface area contributed by atoms with Crippen molar-refractivity contribution in [2.24, 2.45) is 0 Å². The molecule has 0 bridgehead atoms. The number of ether oxygens (including phenoxy) is 4. The van der Waals surface area contributed by atoms with Gasteiger partial charge in [0.05, 0.1) is 9.75 Å². The third-order valence-corrected chi connectivity index (χ3v) is 12.0. The van der Waals surface area contributed by atoms with E-state index in [0.717, 1.165) is 57.0 Å². The van der Waals surface area contributed by atoms with Gasteiger partial charge in [-0.25, -0.2) is 0 Å². The van der Waals surface area contributed by atoms with E-state index in [9.17, 15) is 0 Å². The number of hydrogen-bond donors (Lipinski definition) is 0. The first kappa shape index (κ1) is 36.9. The van der Waals surface area contributed by atoms with Crippen LogP contribution in [0, 0.1) is 0 Å². The molecule has 0 aliphatic carbocycles. The lowest BCUT2D eigenvalue weighted by molar-refractivity contribution is 0.172. The summed E-state index contributed by atoms with van der Waals surface area (Å²) in [5.74, 6) is 3.55. The van der Waals surface area contributed by atoms with Crippen LogP contribution in [0.1, 0.15) is 152 Å². The summed E-state index contributed by atoms with van der Waals surface area (Å²) in [7, 11) is 0. The van der Waals surface area contributed by atoms with Crippen LogP contribution in [0.4, 0.5) is 0 Å². The van der Waals surface area contributed by atoms with Gasteiger partial charge >= 0.3 is 0 Å². The average Bonchev–Trinajstić information content (AvgIpc) is 3.69. The van der Waals surface area contributed by atoms with Crippen molar-refractivity contribution in [3.05, 3.63) is 21.9 Å². The normalized spacial score (nSPS) is 13.7. The highest BCUT2D eigenvalue weighted by molar-refractivity contribution is 7.16. The summed E-state index contributed by atoms with van der Waals surface area (Å²) < 4.78 is 24.6. The molecule has 0 spiro atoms. The standard InChI is InChI=1S/C40H60N2O4S2/c1-3-5-7-9-11-13-15-17-19-21-23-33-35-37(45-29-27-43-35)39(47-33)31-25-26-32(42-41-31)40-38-36(44-28-30-46-38)34(48-40)24-22-20-18-16-14-12-10-8-6-4-2/h25-26H,3-24,27-30H2,1-2H3. The highest BCUT2D eigenvalue weighted by Crippen LogP contribution is 2.51. The maximum atomic E-state index is 6.15. The lowest BCUT2D eigenvalue weighted by atomic mass is 10.1. The van der Waals surface area contributed by atoms with Gasteiger partial charge in [-0.1, -0.05) is 129 Å². The second-order valence-electron chi connectivity index (χ2n) is 13.6. The van der Waals surface area contributed by atoms with Crippen molar-refractivity contribution < 1.29 is 18.9 Å². The molecule has 5 rings (SSSR count). The number of nitrogens with zero attached hydrogens (tertiary/aromatic N) is 2. The zero-order valence-corrected chi connectivity index (χ0v) is 31.5. The Morgan fingerprint density at radius 1 is 0.438 bits per heavy atom. The summed E-state index contributed by atoms with van der Waals surface area (Å²) in [6.45, 7) is 6.91. The van der Waals surface area contributed by atoms with Crippen LogP contribution in [0.5, 0.6) is 23.0 Å². The lowest BCUT2D eigenvalue weighted by Gasteiger charge is -2.17. The predicted molar refractivity (Wildman–Crippen MR) is 202 cm³/mol. The second kappa shape index (κ2) is 21.0. The number of unbranched alkanes of at least 4 members (excludes halogenated alkanes) is 18. The molecule has 0 atom stereocenters. The fraction of sp³-hybridized carbons (Fsp3) is 0.700. The van der Waals surface area contributed by atoms with Crippen LogP contribution in [0.3, 0.4) is 0 Å². The van der Waals surface area contributed by atoms with E-state index in [4.69, 9.17) is 29.1 Å². The molecule has 5 heterocycles. The highest BCUT2D eigenvalue weighted by atomic mass is 32.1. The second-order valence-corrected chi connectivity index (χ2v) is 15.8. The molecule has 6 nitrogen and oxygen atoms in total. The van der Waals surface area contributed by atoms with Crippen molar-refractivity contribution in [2.75, 3.05) is 26.4 Å². The number of thiophene rings is 2. The quantitative estimate of drug-likeness (QED) is 0.0869. The van der Waals surface area contributed by atoms with E-state index in [1.165, 1.54) is 138 Å². The topological polar surface area (TPSA) is 62.7 Å². The van der Waals surface area contributed by atoms with E-state index >= 15 is 0 Å². The Balaban J connectivity index is 1.14. The number of rotatable bonds is 24. The summed E-state index contributed by atoms with van der Waals surface area (Å²) in [4.78, 5) is 4.61. The van der Waals surface area contributed by atoms with Crippen molar-refractivity contribution in [3.63, 3.8) is 0 Å². The van der Waals surface area contributed by atoms with Crippen molar-refractivity contribution in [3.8, 4) is 44.1 Å². The molecular weight excluding hydrogens is 637 g/mol. The summed E-state index contributed by atoms with van der Waals surface area (Å²) in [5, 5.41) is 9.45. The van der Waals surface area contributed by atoms with Gasteiger partial charge in [0.15, 0.2) is 23.0 Å². The van der Waals surface area contributed by atoms with Crippen LogP contribution in [0.2, 0.25) is 0 Å². The highest BCUT2D eigenvalue weighted by Gasteiger charge is 2.28. The van der Waals surface area contributed by atoms with Gasteiger partial charge in [-0.15, -0.1) is 32.9 Å². The van der Waals surface area contributed by atoms with Crippen molar-refractivity contribution in [1.82, 2.24) is 10.2 Å². The molecular formula is C40H60N2O4S2. The van der Waals surface area contributed by atoms with Crippen LogP contribution in [0.15, 0.2) is 12.1 Å². The van der Waals surface area contributed by atoms with Gasteiger partial charge in [0.2, 0.25) is 0 Å². The van der Waals surface area contributed by atoms with Gasteiger partial charge in [-0.05, 0) is 37.8 Å². The number of aromatic nitrogens is 2. The van der Waals surface area contributed by atoms with E-state index in [1.54, 1.807) is 22.7 Å². The third kappa shape index (κ3) is 10.8. The van der Waals surface area contributed by atoms with E-state index < -0.39 is 0 Å². The maximum Gasteiger partial charge on any atom is 0.181 e. The van der Waals surface area contributed by atoms with Gasteiger partial charge in [-0.3, -0.25) is 0 Å². The van der Waals surface area contributed by atoms with E-state index in [-0.39, 0.29) is 0 Å². The molecule has 8 heteroatoms. The summed E-state index contributed by atoms with van der Waals surface area (Å²) in [6, 6.07) is 4.16. The summed E-state index contributed by atoms with van der Waals surface area (Å²) in [5.41, 5.74) is 1.68. The largest absolute Gasteiger partial charge is 0.485 e. The Bertz CT molecular complexity index is 1230. The van der Waals surface area contributed by atoms with Gasteiger partial charge in [0.25, 0.3) is 0 Å². The fourth-order valence-corrected chi connectivity index (χ4v) is 9.20. The minimum atomic E-state index is 0.570. The van der Waals surface area contributed by atoms with Crippen LogP contribution in [-0.2, 0) is 12.8 Å². The molecule has 0 saturated heterocycles. The third-order valence-electron chi connectivity index (χ3n) is 9.58. The smallest absolute Gasteiger partial charge is 0.181 e. The first-order valence-corrected chi connectivity index (χ1v) is 21.1. The van der Waals surface area contributed by atoms with Gasteiger partial charge < -0.3 is 18.9 Å². The predicted octanol–water partition coefficient (Wildman–Crippen LogP) is 12.4. The van der Waals surface area contributed by atoms with Crippen LogP contribution in [-0.4, -0.2) is 36.6 Å². The number of hydrogen-bond acceptors (Lipinski definition) is 8. The SMILES string of the molecule is CCCCCCCCCCCCc1sc(-c2ccc(-c3sc(CCCCCCCCCCCC)c4c3OCCO4)nn2)c2c1OCCO2. The molecule has 0 unspecified atom stereocenters. The van der Waals surface area contributed by atoms with Gasteiger partial charge in [0, 0.05) is 0 Å². The first-order valence-electron chi connectivity index (χ1n) is 19.5. The average molecular weight is 697 g/mol. The Kier molecular flexibility index (Phi) is 16.2. The molecule has 48 heavy (non-hydrogen) atoms. The monoisotopic (exact) mass is 696 g/mol. The van der Waals surface area contributed by atoms with Crippen molar-refractivity contribution >= 4 is 22.7 Å². The van der Waals surface area contributed by atoms with Crippen LogP contribution in [0.25, 0.3) is 21.1 Å². The molecule has 266 valence electrons. The lowest BCUT2D eigenvalue weighted by Crippen LogP contribution is -2.15. The minimum Gasteiger partial charge on any atom is -0.485 e. The molecule has 0 N–H and O–H groups in total. The molecule has 3 aromatic rings. The van der Waals surface area contributed by atoms with E-state index in [2.05, 4.69) is 26.0 Å². The van der Waals surface area contributed by atoms with Crippen LogP contribution >= 0.6 is 22.7 Å². The van der Waals surface area contributed by atoms with Gasteiger partial charge in [-0.2, -0.15) is 0 Å². The molecule has 0 fully saturated rings. The Morgan fingerprint density at radius 2 is 0.750 bits per heavy atom. The van der Waals surface area contributed by atoms with E-state index in [0.29, 0.717) is 26.4 Å². The number of aryl methyl sites for hydroxylation is 2. The molecule has 3 aromatic heterocycles. The molecule has 2 aliphatic heterocycles. The van der Waals surface area contributed by atoms with Crippen molar-refractivity contribution in [2.45, 2.75) is 155 Å².